The Balaban J connectivity index is 1.47. The number of thiophene rings is 1. The lowest BCUT2D eigenvalue weighted by atomic mass is 9.98. The van der Waals surface area contributed by atoms with E-state index in [4.69, 9.17) is 14.5 Å². The van der Waals surface area contributed by atoms with Crippen LogP contribution in [-0.2, 0) is 19.4 Å². The maximum absolute atomic E-state index is 13.1. The molecule has 0 atom stereocenters. The van der Waals surface area contributed by atoms with E-state index in [1.165, 1.54) is 35.3 Å². The van der Waals surface area contributed by atoms with Gasteiger partial charge in [-0.15, -0.1) is 11.3 Å². The summed E-state index contributed by atoms with van der Waals surface area (Å²) >= 11 is 1.68. The fraction of sp³-hybridized carbons (Fsp3) is 0.357. The van der Waals surface area contributed by atoms with E-state index in [2.05, 4.69) is 30.1 Å². The molecule has 176 valence electrons. The Morgan fingerprint density at radius 2 is 1.85 bits per heavy atom. The molecule has 0 fully saturated rings. The number of nitrogens with zero attached hydrogens (tertiary/aromatic N) is 1. The van der Waals surface area contributed by atoms with E-state index >= 15 is 0 Å². The van der Waals surface area contributed by atoms with Gasteiger partial charge in [0.2, 0.25) is 0 Å². The molecular formula is C28H30N2O3S. The molecule has 2 aromatic carbocycles. The lowest BCUT2D eigenvalue weighted by Gasteiger charge is -2.14. The van der Waals surface area contributed by atoms with Crippen molar-refractivity contribution in [1.82, 2.24) is 9.97 Å². The molecule has 0 unspecified atom stereocenters. The molecule has 1 N–H and O–H groups in total. The van der Waals surface area contributed by atoms with Gasteiger partial charge in [0.1, 0.15) is 17.3 Å². The topological polar surface area (TPSA) is 64.2 Å². The standard InChI is InChI=1S/C28H30N2O3S/c1-3-32-23-16-20(13-14-22(23)33-17-19-10-8-9-18(2)15-19)26-29-27(31)25-21-11-6-4-5-7-12-24(21)34-28(25)30-26/h8-10,13-16H,3-7,11-12,17H2,1-2H3,(H,29,30,31). The van der Waals surface area contributed by atoms with Gasteiger partial charge in [0, 0.05) is 10.4 Å². The first-order chi connectivity index (χ1) is 16.6. The molecule has 0 amide bonds. The van der Waals surface area contributed by atoms with Crippen LogP contribution in [-0.4, -0.2) is 16.6 Å². The summed E-state index contributed by atoms with van der Waals surface area (Å²) in [4.78, 5) is 23.2. The Kier molecular flexibility index (Phi) is 6.68. The molecule has 1 aliphatic rings. The smallest absolute Gasteiger partial charge is 0.260 e. The van der Waals surface area contributed by atoms with E-state index in [1.54, 1.807) is 11.3 Å². The lowest BCUT2D eigenvalue weighted by molar-refractivity contribution is 0.269. The summed E-state index contributed by atoms with van der Waals surface area (Å²) in [6.07, 6.45) is 6.85. The molecule has 0 saturated carbocycles. The van der Waals surface area contributed by atoms with Gasteiger partial charge >= 0.3 is 0 Å². The Bertz CT molecular complexity index is 1370. The van der Waals surface area contributed by atoms with E-state index in [0.29, 0.717) is 30.5 Å². The second-order valence-corrected chi connectivity index (χ2v) is 9.97. The summed E-state index contributed by atoms with van der Waals surface area (Å²) < 4.78 is 12.0. The van der Waals surface area contributed by atoms with Crippen molar-refractivity contribution in [2.45, 2.75) is 59.0 Å². The highest BCUT2D eigenvalue weighted by Gasteiger charge is 2.19. The van der Waals surface area contributed by atoms with Crippen LogP contribution in [0.25, 0.3) is 21.6 Å². The third-order valence-electron chi connectivity index (χ3n) is 6.32. The first kappa shape index (κ1) is 22.7. The summed E-state index contributed by atoms with van der Waals surface area (Å²) in [6, 6.07) is 14.0. The number of H-pyrrole nitrogens is 1. The van der Waals surface area contributed by atoms with Gasteiger partial charge in [-0.2, -0.15) is 0 Å². The maximum atomic E-state index is 13.1. The number of hydrogen-bond donors (Lipinski definition) is 1. The summed E-state index contributed by atoms with van der Waals surface area (Å²) in [6.45, 7) is 5.00. The molecular weight excluding hydrogens is 444 g/mol. The minimum Gasteiger partial charge on any atom is -0.490 e. The van der Waals surface area contributed by atoms with Gasteiger partial charge in [0.05, 0.1) is 12.0 Å². The van der Waals surface area contributed by atoms with Crippen molar-refractivity contribution in [2.24, 2.45) is 0 Å². The molecule has 4 aromatic rings. The maximum Gasteiger partial charge on any atom is 0.260 e. The summed E-state index contributed by atoms with van der Waals surface area (Å²) in [7, 11) is 0. The molecule has 1 aliphatic carbocycles. The molecule has 0 bridgehead atoms. The van der Waals surface area contributed by atoms with Crippen molar-refractivity contribution < 1.29 is 9.47 Å². The van der Waals surface area contributed by atoms with E-state index in [0.717, 1.165) is 40.6 Å². The second kappa shape index (κ2) is 10.0. The fourth-order valence-corrected chi connectivity index (χ4v) is 5.92. The van der Waals surface area contributed by atoms with Gasteiger partial charge in [-0.1, -0.05) is 42.7 Å². The van der Waals surface area contributed by atoms with Crippen LogP contribution in [0.5, 0.6) is 11.5 Å². The van der Waals surface area contributed by atoms with Crippen LogP contribution in [0.4, 0.5) is 0 Å². The van der Waals surface area contributed by atoms with Gasteiger partial charge in [-0.3, -0.25) is 4.79 Å². The van der Waals surface area contributed by atoms with Gasteiger partial charge < -0.3 is 14.5 Å². The zero-order valence-electron chi connectivity index (χ0n) is 19.8. The van der Waals surface area contributed by atoms with Crippen LogP contribution in [0, 0.1) is 6.92 Å². The predicted molar refractivity (Wildman–Crippen MR) is 138 cm³/mol. The Morgan fingerprint density at radius 1 is 1.00 bits per heavy atom. The molecule has 0 aliphatic heterocycles. The molecule has 6 heteroatoms. The van der Waals surface area contributed by atoms with Crippen molar-refractivity contribution in [1.29, 1.82) is 0 Å². The monoisotopic (exact) mass is 474 g/mol. The average Bonchev–Trinajstić information content (AvgIpc) is 3.15. The van der Waals surface area contributed by atoms with E-state index in [-0.39, 0.29) is 5.56 Å². The van der Waals surface area contributed by atoms with Crippen LogP contribution < -0.4 is 15.0 Å². The fourth-order valence-electron chi connectivity index (χ4n) is 4.66. The van der Waals surface area contributed by atoms with Crippen LogP contribution in [0.3, 0.4) is 0 Å². The van der Waals surface area contributed by atoms with E-state index in [1.807, 2.05) is 31.2 Å². The highest BCUT2D eigenvalue weighted by atomic mass is 32.1. The Labute approximate surface area is 203 Å². The third-order valence-corrected chi connectivity index (χ3v) is 7.50. The zero-order valence-corrected chi connectivity index (χ0v) is 20.6. The van der Waals surface area contributed by atoms with Gasteiger partial charge in [-0.05, 0) is 68.9 Å². The summed E-state index contributed by atoms with van der Waals surface area (Å²) in [5.74, 6) is 1.89. The van der Waals surface area contributed by atoms with Crippen LogP contribution in [0.15, 0.2) is 47.3 Å². The second-order valence-electron chi connectivity index (χ2n) is 8.88. The molecule has 2 heterocycles. The summed E-state index contributed by atoms with van der Waals surface area (Å²) in [5.41, 5.74) is 4.29. The minimum absolute atomic E-state index is 0.0455. The average molecular weight is 475 g/mol. The number of hydrogen-bond acceptors (Lipinski definition) is 5. The number of aromatic amines is 1. The molecule has 34 heavy (non-hydrogen) atoms. The van der Waals surface area contributed by atoms with Crippen molar-refractivity contribution in [3.05, 3.63) is 74.4 Å². The first-order valence-corrected chi connectivity index (χ1v) is 12.9. The quantitative estimate of drug-likeness (QED) is 0.342. The molecule has 0 radical (unpaired) electrons. The lowest BCUT2D eigenvalue weighted by Crippen LogP contribution is -2.10. The molecule has 2 aromatic heterocycles. The van der Waals surface area contributed by atoms with Crippen LogP contribution in [0.2, 0.25) is 0 Å². The molecule has 0 saturated heterocycles. The number of fused-ring (bicyclic) bond motifs is 3. The largest absolute Gasteiger partial charge is 0.490 e. The normalized spacial score (nSPS) is 13.8. The zero-order chi connectivity index (χ0) is 23.5. The number of ether oxygens (including phenoxy) is 2. The number of aromatic nitrogens is 2. The van der Waals surface area contributed by atoms with Crippen molar-refractivity contribution in [3.8, 4) is 22.9 Å². The summed E-state index contributed by atoms with van der Waals surface area (Å²) in [5, 5.41) is 0.786. The highest BCUT2D eigenvalue weighted by molar-refractivity contribution is 7.18. The molecule has 5 nitrogen and oxygen atoms in total. The number of rotatable bonds is 6. The van der Waals surface area contributed by atoms with E-state index in [9.17, 15) is 4.79 Å². The van der Waals surface area contributed by atoms with Gasteiger partial charge in [-0.25, -0.2) is 4.98 Å². The number of nitrogens with one attached hydrogen (secondary N) is 1. The van der Waals surface area contributed by atoms with Crippen molar-refractivity contribution in [2.75, 3.05) is 6.61 Å². The van der Waals surface area contributed by atoms with E-state index < -0.39 is 0 Å². The first-order valence-electron chi connectivity index (χ1n) is 12.1. The SMILES string of the molecule is CCOc1cc(-c2nc3sc4c(c3c(=O)[nH]2)CCCCCC4)ccc1OCc1cccc(C)c1. The molecule has 5 rings (SSSR count). The predicted octanol–water partition coefficient (Wildman–Crippen LogP) is 6.60. The minimum atomic E-state index is -0.0455. The number of benzene rings is 2. The number of aryl methyl sites for hydroxylation is 3. The van der Waals surface area contributed by atoms with Crippen LogP contribution in [0.1, 0.15) is 54.2 Å². The third kappa shape index (κ3) is 4.73. The molecule has 0 spiro atoms. The van der Waals surface area contributed by atoms with Crippen LogP contribution >= 0.6 is 11.3 Å². The van der Waals surface area contributed by atoms with Gasteiger partial charge in [0.15, 0.2) is 11.5 Å². The van der Waals surface area contributed by atoms with Gasteiger partial charge in [0.25, 0.3) is 5.56 Å². The Morgan fingerprint density at radius 3 is 2.68 bits per heavy atom. The Hall–Kier alpha value is -3.12. The van der Waals surface area contributed by atoms with Crippen molar-refractivity contribution in [3.63, 3.8) is 0 Å². The highest BCUT2D eigenvalue weighted by Crippen LogP contribution is 2.35. The van der Waals surface area contributed by atoms with Crippen molar-refractivity contribution >= 4 is 21.6 Å².